The fraction of sp³-hybridized carbons (Fsp3) is 0.130. The van der Waals surface area contributed by atoms with Gasteiger partial charge in [0, 0.05) is 22.5 Å². The van der Waals surface area contributed by atoms with Gasteiger partial charge in [-0.05, 0) is 61.7 Å². The van der Waals surface area contributed by atoms with Crippen LogP contribution in [-0.2, 0) is 0 Å². The molecule has 0 aliphatic rings. The van der Waals surface area contributed by atoms with Gasteiger partial charge in [-0.15, -0.1) is 10.2 Å². The highest BCUT2D eigenvalue weighted by Crippen LogP contribution is 2.31. The average Bonchev–Trinajstić information content (AvgIpc) is 3.16. The Morgan fingerprint density at radius 3 is 2.55 bits per heavy atom. The Labute approximate surface area is 180 Å². The molecular weight excluding hydrogens is 414 g/mol. The first-order valence-electron chi connectivity index (χ1n) is 9.58. The Balaban J connectivity index is 1.52. The SMILES string of the molecule is Cc1ccc2cc(-c3nnc(Nc4cc5c(C)cc(=O)oc5cc4C)s3)c(=O)oc2c1. The van der Waals surface area contributed by atoms with E-state index < -0.39 is 5.63 Å². The van der Waals surface area contributed by atoms with Gasteiger partial charge in [0.25, 0.3) is 0 Å². The summed E-state index contributed by atoms with van der Waals surface area (Å²) in [5, 5.41) is 14.3. The molecule has 154 valence electrons. The Bertz CT molecular complexity index is 1600. The number of rotatable bonds is 3. The predicted molar refractivity (Wildman–Crippen MR) is 121 cm³/mol. The molecule has 0 spiro atoms. The molecule has 0 saturated carbocycles. The third kappa shape index (κ3) is 3.51. The van der Waals surface area contributed by atoms with E-state index in [1.165, 1.54) is 17.4 Å². The lowest BCUT2D eigenvalue weighted by Gasteiger charge is -2.09. The lowest BCUT2D eigenvalue weighted by atomic mass is 10.1. The molecule has 0 radical (unpaired) electrons. The van der Waals surface area contributed by atoms with Crippen LogP contribution in [0.4, 0.5) is 10.8 Å². The molecule has 0 fully saturated rings. The second-order valence-electron chi connectivity index (χ2n) is 7.44. The van der Waals surface area contributed by atoms with Crippen LogP contribution in [-0.4, -0.2) is 10.2 Å². The number of nitrogens with one attached hydrogen (secondary N) is 1. The molecule has 3 aromatic heterocycles. The van der Waals surface area contributed by atoms with E-state index in [9.17, 15) is 9.59 Å². The highest BCUT2D eigenvalue weighted by molar-refractivity contribution is 7.18. The molecule has 0 aliphatic carbocycles. The zero-order valence-electron chi connectivity index (χ0n) is 17.0. The van der Waals surface area contributed by atoms with Crippen LogP contribution in [0.5, 0.6) is 0 Å². The van der Waals surface area contributed by atoms with Crippen molar-refractivity contribution in [3.05, 3.63) is 80.0 Å². The largest absolute Gasteiger partial charge is 0.423 e. The first-order valence-corrected chi connectivity index (χ1v) is 10.4. The fourth-order valence-electron chi connectivity index (χ4n) is 3.47. The van der Waals surface area contributed by atoms with E-state index >= 15 is 0 Å². The minimum Gasteiger partial charge on any atom is -0.423 e. The van der Waals surface area contributed by atoms with Crippen LogP contribution in [0.3, 0.4) is 0 Å². The van der Waals surface area contributed by atoms with Crippen LogP contribution in [0.1, 0.15) is 16.7 Å². The van der Waals surface area contributed by atoms with Crippen molar-refractivity contribution in [1.82, 2.24) is 10.2 Å². The minimum atomic E-state index is -0.451. The van der Waals surface area contributed by atoms with Crippen molar-refractivity contribution in [3.8, 4) is 10.6 Å². The zero-order chi connectivity index (χ0) is 21.7. The summed E-state index contributed by atoms with van der Waals surface area (Å²) in [5.41, 5.74) is 4.18. The highest BCUT2D eigenvalue weighted by Gasteiger charge is 2.15. The van der Waals surface area contributed by atoms with Crippen molar-refractivity contribution in [2.24, 2.45) is 0 Å². The Kier molecular flexibility index (Phi) is 4.44. The maximum atomic E-state index is 12.5. The van der Waals surface area contributed by atoms with E-state index in [2.05, 4.69) is 15.5 Å². The highest BCUT2D eigenvalue weighted by atomic mass is 32.1. The van der Waals surface area contributed by atoms with E-state index in [1.54, 1.807) is 6.07 Å². The zero-order valence-corrected chi connectivity index (χ0v) is 17.8. The quantitative estimate of drug-likeness (QED) is 0.397. The molecular formula is C23H17N3O4S. The van der Waals surface area contributed by atoms with E-state index in [4.69, 9.17) is 8.83 Å². The molecule has 2 aromatic carbocycles. The van der Waals surface area contributed by atoms with Crippen molar-refractivity contribution in [2.75, 3.05) is 5.32 Å². The van der Waals surface area contributed by atoms with Crippen molar-refractivity contribution in [3.63, 3.8) is 0 Å². The van der Waals surface area contributed by atoms with Gasteiger partial charge >= 0.3 is 11.3 Å². The smallest absolute Gasteiger partial charge is 0.346 e. The molecule has 3 heterocycles. The second kappa shape index (κ2) is 7.17. The summed E-state index contributed by atoms with van der Waals surface area (Å²) in [5.74, 6) is 0. The van der Waals surface area contributed by atoms with Crippen LogP contribution in [0, 0.1) is 20.8 Å². The van der Waals surface area contributed by atoms with Crippen LogP contribution >= 0.6 is 11.3 Å². The summed E-state index contributed by atoms with van der Waals surface area (Å²) < 4.78 is 10.8. The molecule has 1 N–H and O–H groups in total. The lowest BCUT2D eigenvalue weighted by Crippen LogP contribution is -2.02. The van der Waals surface area contributed by atoms with Gasteiger partial charge in [0.05, 0.1) is 5.56 Å². The van der Waals surface area contributed by atoms with Crippen LogP contribution in [0.2, 0.25) is 0 Å². The van der Waals surface area contributed by atoms with Gasteiger partial charge in [-0.3, -0.25) is 0 Å². The summed E-state index contributed by atoms with van der Waals surface area (Å²) >= 11 is 1.26. The van der Waals surface area contributed by atoms with Crippen LogP contribution < -0.4 is 16.6 Å². The van der Waals surface area contributed by atoms with Gasteiger partial charge in [-0.1, -0.05) is 23.5 Å². The first-order chi connectivity index (χ1) is 14.9. The molecule has 0 amide bonds. The summed E-state index contributed by atoms with van der Waals surface area (Å²) in [6, 6.07) is 12.7. The van der Waals surface area contributed by atoms with Crippen LogP contribution in [0.15, 0.2) is 60.9 Å². The van der Waals surface area contributed by atoms with Gasteiger partial charge in [0.1, 0.15) is 11.2 Å². The minimum absolute atomic E-state index is 0.370. The molecule has 0 aliphatic heterocycles. The third-order valence-corrected chi connectivity index (χ3v) is 5.96. The second-order valence-corrected chi connectivity index (χ2v) is 8.42. The van der Waals surface area contributed by atoms with Crippen LogP contribution in [0.25, 0.3) is 32.5 Å². The standard InChI is InChI=1S/C23H17N3O4S/c1-11-4-5-14-9-16(22(28)30-18(14)6-11)21-25-26-23(31-21)24-17-10-15-12(2)8-20(27)29-19(15)7-13(17)3/h4-10H,1-3H3,(H,24,26). The van der Waals surface area contributed by atoms with E-state index in [0.29, 0.717) is 26.9 Å². The number of anilines is 2. The number of fused-ring (bicyclic) bond motifs is 2. The van der Waals surface area contributed by atoms with Gasteiger partial charge in [-0.2, -0.15) is 0 Å². The van der Waals surface area contributed by atoms with E-state index in [1.807, 2.05) is 51.1 Å². The summed E-state index contributed by atoms with van der Waals surface area (Å²) in [6.07, 6.45) is 0. The first kappa shape index (κ1) is 19.2. The molecule has 0 unspecified atom stereocenters. The topological polar surface area (TPSA) is 98.2 Å². The summed E-state index contributed by atoms with van der Waals surface area (Å²) in [7, 11) is 0. The van der Waals surface area contributed by atoms with Gasteiger partial charge in [-0.25, -0.2) is 9.59 Å². The molecule has 0 bridgehead atoms. The molecule has 0 atom stereocenters. The van der Waals surface area contributed by atoms with Crippen molar-refractivity contribution in [1.29, 1.82) is 0 Å². The number of nitrogens with zero attached hydrogens (tertiary/aromatic N) is 2. The summed E-state index contributed by atoms with van der Waals surface area (Å²) in [4.78, 5) is 24.1. The van der Waals surface area contributed by atoms with Gasteiger partial charge < -0.3 is 14.2 Å². The van der Waals surface area contributed by atoms with Gasteiger partial charge in [0.15, 0.2) is 5.01 Å². The maximum absolute atomic E-state index is 12.5. The number of hydrogen-bond donors (Lipinski definition) is 1. The number of hydrogen-bond acceptors (Lipinski definition) is 8. The molecule has 8 heteroatoms. The Morgan fingerprint density at radius 1 is 0.871 bits per heavy atom. The monoisotopic (exact) mass is 431 g/mol. The van der Waals surface area contributed by atoms with E-state index in [0.717, 1.165) is 33.2 Å². The third-order valence-electron chi connectivity index (χ3n) is 5.08. The van der Waals surface area contributed by atoms with Crippen molar-refractivity contribution < 1.29 is 8.83 Å². The molecule has 7 nitrogen and oxygen atoms in total. The number of benzene rings is 2. The molecule has 5 aromatic rings. The predicted octanol–water partition coefficient (Wildman–Crippen LogP) is 5.09. The molecule has 0 saturated heterocycles. The van der Waals surface area contributed by atoms with Gasteiger partial charge in [0.2, 0.25) is 5.13 Å². The number of aryl methyl sites for hydroxylation is 3. The summed E-state index contributed by atoms with van der Waals surface area (Å²) in [6.45, 7) is 5.72. The Morgan fingerprint density at radius 2 is 1.71 bits per heavy atom. The fourth-order valence-corrected chi connectivity index (χ4v) is 4.23. The lowest BCUT2D eigenvalue weighted by molar-refractivity contribution is 0.559. The normalized spacial score (nSPS) is 11.3. The van der Waals surface area contributed by atoms with Crippen molar-refractivity contribution in [2.45, 2.75) is 20.8 Å². The maximum Gasteiger partial charge on any atom is 0.346 e. The average molecular weight is 431 g/mol. The Hall–Kier alpha value is -3.78. The molecule has 5 rings (SSSR count). The number of aromatic nitrogens is 2. The van der Waals surface area contributed by atoms with Crippen molar-refractivity contribution >= 4 is 44.1 Å². The molecule has 31 heavy (non-hydrogen) atoms. The van der Waals surface area contributed by atoms with E-state index in [-0.39, 0.29) is 5.63 Å².